The lowest BCUT2D eigenvalue weighted by atomic mass is 10.0. The number of ether oxygens (including phenoxy) is 2. The topological polar surface area (TPSA) is 18.5 Å². The van der Waals surface area contributed by atoms with Crippen LogP contribution in [-0.2, 0) is 0 Å². The fourth-order valence-electron chi connectivity index (χ4n) is 4.62. The van der Waals surface area contributed by atoms with Gasteiger partial charge in [-0.1, -0.05) is 24.0 Å². The van der Waals surface area contributed by atoms with Gasteiger partial charge in [0.25, 0.3) is 0 Å². The third kappa shape index (κ3) is 7.26. The first kappa shape index (κ1) is 33.0. The lowest BCUT2D eigenvalue weighted by molar-refractivity contribution is 0.413. The van der Waals surface area contributed by atoms with E-state index in [2.05, 4.69) is 110 Å². The molecule has 218 valence electrons. The molecular weight excluding hydrogens is 633 g/mol. The Morgan fingerprint density at radius 2 is 0.786 bits per heavy atom. The number of methoxy groups -OCH3 is 2. The van der Waals surface area contributed by atoms with E-state index in [0.717, 1.165) is 33.8 Å². The lowest BCUT2D eigenvalue weighted by Gasteiger charge is -2.16. The zero-order chi connectivity index (χ0) is 30.2. The minimum atomic E-state index is 0.756. The van der Waals surface area contributed by atoms with Crippen LogP contribution < -0.4 is 9.47 Å². The van der Waals surface area contributed by atoms with Crippen molar-refractivity contribution in [3.63, 3.8) is 0 Å². The third-order valence-corrected chi connectivity index (χ3v) is 11.2. The summed E-state index contributed by atoms with van der Waals surface area (Å²) in [6.45, 7) is 0. The SMILES string of the molecule is COc1cc(-c2c(SC)cc(SC)cc2SC)ccc1C#Cc1ccc(-c2c(SC)cc(SC)cc2SC)cc1OC. The summed E-state index contributed by atoms with van der Waals surface area (Å²) < 4.78 is 11.7. The highest BCUT2D eigenvalue weighted by atomic mass is 32.2. The summed E-state index contributed by atoms with van der Waals surface area (Å²) in [5.74, 6) is 8.21. The van der Waals surface area contributed by atoms with Gasteiger partial charge < -0.3 is 9.47 Å². The smallest absolute Gasteiger partial charge is 0.135 e. The molecule has 0 aliphatic rings. The van der Waals surface area contributed by atoms with E-state index in [4.69, 9.17) is 9.47 Å². The molecular formula is C34H34O2S6. The predicted octanol–water partition coefficient (Wildman–Crippen LogP) is 10.8. The largest absolute Gasteiger partial charge is 0.495 e. The monoisotopic (exact) mass is 666 g/mol. The Kier molecular flexibility index (Phi) is 12.4. The lowest BCUT2D eigenvalue weighted by Crippen LogP contribution is -1.93. The van der Waals surface area contributed by atoms with Crippen LogP contribution in [0.5, 0.6) is 11.5 Å². The van der Waals surface area contributed by atoms with Gasteiger partial charge in [-0.25, -0.2) is 0 Å². The van der Waals surface area contributed by atoms with Crippen molar-refractivity contribution >= 4 is 70.6 Å². The van der Waals surface area contributed by atoms with E-state index in [1.165, 1.54) is 40.5 Å². The van der Waals surface area contributed by atoms with Gasteiger partial charge in [-0.15, -0.1) is 70.6 Å². The van der Waals surface area contributed by atoms with Crippen LogP contribution in [-0.4, -0.2) is 51.8 Å². The Bertz CT molecular complexity index is 1470. The van der Waals surface area contributed by atoms with Crippen molar-refractivity contribution in [3.8, 4) is 45.6 Å². The van der Waals surface area contributed by atoms with Gasteiger partial charge in [0.2, 0.25) is 0 Å². The van der Waals surface area contributed by atoms with Crippen molar-refractivity contribution in [2.24, 2.45) is 0 Å². The molecule has 0 aromatic heterocycles. The molecule has 4 rings (SSSR count). The summed E-state index contributed by atoms with van der Waals surface area (Å²) in [7, 11) is 3.41. The zero-order valence-electron chi connectivity index (χ0n) is 25.0. The van der Waals surface area contributed by atoms with Gasteiger partial charge in [0.15, 0.2) is 0 Å². The molecule has 4 aromatic rings. The first-order valence-electron chi connectivity index (χ1n) is 12.9. The summed E-state index contributed by atoms with van der Waals surface area (Å²) in [6.07, 6.45) is 12.8. The highest BCUT2D eigenvalue weighted by Crippen LogP contribution is 2.43. The molecule has 0 amide bonds. The Labute approximate surface area is 276 Å². The van der Waals surface area contributed by atoms with E-state index in [-0.39, 0.29) is 0 Å². The fraction of sp³-hybridized carbons (Fsp3) is 0.235. The van der Waals surface area contributed by atoms with Gasteiger partial charge in [-0.05, 0) is 97.2 Å². The van der Waals surface area contributed by atoms with E-state index < -0.39 is 0 Å². The van der Waals surface area contributed by atoms with Crippen LogP contribution in [0.2, 0.25) is 0 Å². The van der Waals surface area contributed by atoms with Gasteiger partial charge in [0, 0.05) is 40.5 Å². The first-order chi connectivity index (χ1) is 20.4. The number of thioether (sulfide) groups is 6. The average Bonchev–Trinajstić information content (AvgIpc) is 3.05. The van der Waals surface area contributed by atoms with E-state index in [1.807, 2.05) is 0 Å². The summed E-state index contributed by atoms with van der Waals surface area (Å²) in [5, 5.41) is 0. The minimum Gasteiger partial charge on any atom is -0.495 e. The molecule has 4 aromatic carbocycles. The average molecular weight is 667 g/mol. The number of rotatable bonds is 10. The molecule has 0 atom stereocenters. The summed E-state index contributed by atoms with van der Waals surface area (Å²) in [5.41, 5.74) is 6.41. The standard InChI is InChI=1S/C34H34O2S6/c1-35-27-15-23(33-29(39-5)17-25(37-3)18-30(33)40-6)13-11-21(27)9-10-22-12-14-24(16-28(22)36-2)34-31(41-7)19-26(38-4)20-32(34)42-8/h11-20H,1-8H3. The molecule has 0 aliphatic carbocycles. The molecule has 8 heteroatoms. The molecule has 0 saturated carbocycles. The van der Waals surface area contributed by atoms with Crippen LogP contribution in [0.25, 0.3) is 22.3 Å². The van der Waals surface area contributed by atoms with Crippen LogP contribution in [0.15, 0.2) is 90.0 Å². The van der Waals surface area contributed by atoms with Crippen molar-refractivity contribution in [2.75, 3.05) is 51.8 Å². The molecule has 0 bridgehead atoms. The van der Waals surface area contributed by atoms with Crippen molar-refractivity contribution < 1.29 is 9.47 Å². The molecule has 0 fully saturated rings. The number of benzene rings is 4. The van der Waals surface area contributed by atoms with E-state index in [9.17, 15) is 0 Å². The fourth-order valence-corrected chi connectivity index (χ4v) is 8.69. The maximum atomic E-state index is 5.83. The summed E-state index contributed by atoms with van der Waals surface area (Å²) >= 11 is 10.6. The molecule has 0 unspecified atom stereocenters. The van der Waals surface area contributed by atoms with Gasteiger partial charge in [-0.3, -0.25) is 0 Å². The van der Waals surface area contributed by atoms with E-state index >= 15 is 0 Å². The Hall–Kier alpha value is -1.86. The normalized spacial score (nSPS) is 10.8. The highest BCUT2D eigenvalue weighted by Gasteiger charge is 2.16. The molecule has 0 spiro atoms. The van der Waals surface area contributed by atoms with E-state index in [1.54, 1.807) is 84.8 Å². The van der Waals surface area contributed by atoms with Gasteiger partial charge in [-0.2, -0.15) is 0 Å². The summed E-state index contributed by atoms with van der Waals surface area (Å²) in [4.78, 5) is 7.58. The second kappa shape index (κ2) is 15.7. The minimum absolute atomic E-state index is 0.756. The van der Waals surface area contributed by atoms with Crippen LogP contribution in [0, 0.1) is 11.8 Å². The molecule has 0 heterocycles. The van der Waals surface area contributed by atoms with Crippen LogP contribution >= 0.6 is 70.6 Å². The van der Waals surface area contributed by atoms with Crippen LogP contribution in [0.3, 0.4) is 0 Å². The number of hydrogen-bond donors (Lipinski definition) is 0. The van der Waals surface area contributed by atoms with Gasteiger partial charge in [0.1, 0.15) is 11.5 Å². The predicted molar refractivity (Wildman–Crippen MR) is 194 cm³/mol. The van der Waals surface area contributed by atoms with Gasteiger partial charge in [0.05, 0.1) is 25.3 Å². The second-order valence-corrected chi connectivity index (χ2v) is 14.0. The second-order valence-electron chi connectivity index (χ2n) is 8.89. The molecule has 2 nitrogen and oxygen atoms in total. The van der Waals surface area contributed by atoms with Gasteiger partial charge >= 0.3 is 0 Å². The molecule has 0 saturated heterocycles. The molecule has 0 radical (unpaired) electrons. The highest BCUT2D eigenvalue weighted by molar-refractivity contribution is 8.00. The maximum Gasteiger partial charge on any atom is 0.135 e. The maximum absolute atomic E-state index is 5.83. The Morgan fingerprint density at radius 3 is 1.05 bits per heavy atom. The van der Waals surface area contributed by atoms with E-state index in [0.29, 0.717) is 0 Å². The van der Waals surface area contributed by atoms with Crippen LogP contribution in [0.1, 0.15) is 11.1 Å². The Balaban J connectivity index is 1.74. The van der Waals surface area contributed by atoms with Crippen molar-refractivity contribution in [1.82, 2.24) is 0 Å². The van der Waals surface area contributed by atoms with Crippen molar-refractivity contribution in [1.29, 1.82) is 0 Å². The molecule has 42 heavy (non-hydrogen) atoms. The van der Waals surface area contributed by atoms with Crippen molar-refractivity contribution in [2.45, 2.75) is 29.4 Å². The first-order valence-corrected chi connectivity index (χ1v) is 20.3. The van der Waals surface area contributed by atoms with Crippen molar-refractivity contribution in [3.05, 3.63) is 71.8 Å². The molecule has 0 aliphatic heterocycles. The zero-order valence-corrected chi connectivity index (χ0v) is 29.9. The summed E-state index contributed by atoms with van der Waals surface area (Å²) in [6, 6.07) is 21.7. The van der Waals surface area contributed by atoms with Crippen LogP contribution in [0.4, 0.5) is 0 Å². The molecule has 0 N–H and O–H groups in total. The quantitative estimate of drug-likeness (QED) is 0.121. The Morgan fingerprint density at radius 1 is 0.452 bits per heavy atom. The third-order valence-electron chi connectivity index (χ3n) is 6.74. The number of hydrogen-bond acceptors (Lipinski definition) is 8.